The molecule has 4 rings (SSSR count). The van der Waals surface area contributed by atoms with Crippen LogP contribution in [-0.4, -0.2) is 9.55 Å². The highest BCUT2D eigenvalue weighted by atomic mass is 19.1. The highest BCUT2D eigenvalue weighted by molar-refractivity contribution is 5.82. The number of imidazole rings is 1. The van der Waals surface area contributed by atoms with Gasteiger partial charge in [-0.3, -0.25) is 0 Å². The molecule has 1 aliphatic carbocycles. The van der Waals surface area contributed by atoms with Gasteiger partial charge in [0.2, 0.25) is 0 Å². The van der Waals surface area contributed by atoms with Crippen molar-refractivity contribution in [3.8, 4) is 11.4 Å². The lowest BCUT2D eigenvalue weighted by atomic mass is 10.2. The molecule has 1 aliphatic rings. The Hall–Kier alpha value is -2.36. The monoisotopic (exact) mass is 281 g/mol. The maximum atomic E-state index is 13.4. The van der Waals surface area contributed by atoms with Crippen molar-refractivity contribution < 1.29 is 4.39 Å². The van der Waals surface area contributed by atoms with E-state index in [4.69, 9.17) is 10.7 Å². The van der Waals surface area contributed by atoms with Crippen LogP contribution in [0.4, 0.5) is 10.1 Å². The van der Waals surface area contributed by atoms with E-state index < -0.39 is 0 Å². The van der Waals surface area contributed by atoms with Crippen LogP contribution >= 0.6 is 0 Å². The summed E-state index contributed by atoms with van der Waals surface area (Å²) in [5.74, 6) is 0.494. The van der Waals surface area contributed by atoms with Crippen LogP contribution in [0.5, 0.6) is 0 Å². The van der Waals surface area contributed by atoms with Crippen LogP contribution in [0.2, 0.25) is 0 Å². The lowest BCUT2D eigenvalue weighted by Crippen LogP contribution is -1.99. The molecule has 0 atom stereocenters. The number of hydrogen-bond donors (Lipinski definition) is 1. The van der Waals surface area contributed by atoms with Crippen molar-refractivity contribution in [2.24, 2.45) is 0 Å². The standard InChI is InChI=1S/C17H16FN3/c1-10-2-7-16-15(8-10)20-17(21(16)12-4-5-12)11-3-6-13(18)14(19)9-11/h2-3,6-9,12H,4-5,19H2,1H3. The highest BCUT2D eigenvalue weighted by Crippen LogP contribution is 2.41. The molecule has 0 bridgehead atoms. The summed E-state index contributed by atoms with van der Waals surface area (Å²) in [5, 5.41) is 0. The minimum Gasteiger partial charge on any atom is -0.396 e. The van der Waals surface area contributed by atoms with Gasteiger partial charge in [0.25, 0.3) is 0 Å². The molecule has 0 spiro atoms. The summed E-state index contributed by atoms with van der Waals surface area (Å²) < 4.78 is 15.7. The Kier molecular flexibility index (Phi) is 2.55. The summed E-state index contributed by atoms with van der Waals surface area (Å²) in [6.45, 7) is 2.06. The molecule has 1 heterocycles. The summed E-state index contributed by atoms with van der Waals surface area (Å²) >= 11 is 0. The minimum atomic E-state index is -0.385. The number of anilines is 1. The fraction of sp³-hybridized carbons (Fsp3) is 0.235. The summed E-state index contributed by atoms with van der Waals surface area (Å²) in [5.41, 5.74) is 10.1. The van der Waals surface area contributed by atoms with Crippen LogP contribution in [0.25, 0.3) is 22.4 Å². The summed E-state index contributed by atoms with van der Waals surface area (Å²) in [6, 6.07) is 11.6. The molecule has 3 nitrogen and oxygen atoms in total. The number of nitrogens with two attached hydrogens (primary N) is 1. The fourth-order valence-corrected chi connectivity index (χ4v) is 2.80. The smallest absolute Gasteiger partial charge is 0.146 e. The van der Waals surface area contributed by atoms with Crippen molar-refractivity contribution in [2.45, 2.75) is 25.8 Å². The third kappa shape index (κ3) is 1.98. The largest absolute Gasteiger partial charge is 0.396 e. The van der Waals surface area contributed by atoms with E-state index in [0.717, 1.165) is 22.4 Å². The van der Waals surface area contributed by atoms with E-state index in [-0.39, 0.29) is 11.5 Å². The number of aryl methyl sites for hydroxylation is 1. The number of aromatic nitrogens is 2. The Balaban J connectivity index is 1.98. The van der Waals surface area contributed by atoms with E-state index in [9.17, 15) is 4.39 Å². The second-order valence-electron chi connectivity index (χ2n) is 5.77. The van der Waals surface area contributed by atoms with Gasteiger partial charge in [0.1, 0.15) is 11.6 Å². The minimum absolute atomic E-state index is 0.165. The first-order chi connectivity index (χ1) is 10.1. The van der Waals surface area contributed by atoms with E-state index in [1.54, 1.807) is 12.1 Å². The van der Waals surface area contributed by atoms with E-state index in [0.29, 0.717) is 6.04 Å². The Bertz CT molecular complexity index is 847. The van der Waals surface area contributed by atoms with E-state index in [1.165, 1.54) is 24.5 Å². The van der Waals surface area contributed by atoms with Crippen molar-refractivity contribution >= 4 is 16.7 Å². The Labute approximate surface area is 122 Å². The maximum absolute atomic E-state index is 13.4. The average Bonchev–Trinajstić information content (AvgIpc) is 3.22. The van der Waals surface area contributed by atoms with Crippen molar-refractivity contribution in [1.29, 1.82) is 0 Å². The quantitative estimate of drug-likeness (QED) is 0.720. The summed E-state index contributed by atoms with van der Waals surface area (Å²) in [7, 11) is 0. The maximum Gasteiger partial charge on any atom is 0.146 e. The van der Waals surface area contributed by atoms with Gasteiger partial charge in [-0.2, -0.15) is 0 Å². The van der Waals surface area contributed by atoms with Gasteiger partial charge in [-0.25, -0.2) is 9.37 Å². The fourth-order valence-electron chi connectivity index (χ4n) is 2.80. The van der Waals surface area contributed by atoms with Crippen molar-refractivity contribution in [3.63, 3.8) is 0 Å². The zero-order valence-corrected chi connectivity index (χ0v) is 11.8. The summed E-state index contributed by atoms with van der Waals surface area (Å²) in [6.07, 6.45) is 2.34. The van der Waals surface area contributed by atoms with Gasteiger partial charge < -0.3 is 10.3 Å². The third-order valence-electron chi connectivity index (χ3n) is 4.01. The molecule has 0 saturated heterocycles. The second-order valence-corrected chi connectivity index (χ2v) is 5.77. The van der Waals surface area contributed by atoms with E-state index in [2.05, 4.69) is 29.7 Å². The van der Waals surface area contributed by atoms with Gasteiger partial charge in [-0.1, -0.05) is 6.07 Å². The lowest BCUT2D eigenvalue weighted by Gasteiger charge is -2.08. The number of rotatable bonds is 2. The van der Waals surface area contributed by atoms with Crippen molar-refractivity contribution in [1.82, 2.24) is 9.55 Å². The molecule has 0 amide bonds. The van der Waals surface area contributed by atoms with Crippen LogP contribution in [0.1, 0.15) is 24.4 Å². The zero-order chi connectivity index (χ0) is 14.6. The first-order valence-corrected chi connectivity index (χ1v) is 7.17. The van der Waals surface area contributed by atoms with Crippen LogP contribution in [-0.2, 0) is 0 Å². The van der Waals surface area contributed by atoms with Crippen LogP contribution in [0, 0.1) is 12.7 Å². The molecule has 2 aromatic carbocycles. The number of benzene rings is 2. The molecule has 1 aromatic heterocycles. The summed E-state index contributed by atoms with van der Waals surface area (Å²) in [4.78, 5) is 4.76. The van der Waals surface area contributed by atoms with Gasteiger partial charge in [0.05, 0.1) is 16.7 Å². The molecule has 0 unspecified atom stereocenters. The molecule has 0 aliphatic heterocycles. The zero-order valence-electron chi connectivity index (χ0n) is 11.8. The molecular weight excluding hydrogens is 265 g/mol. The van der Waals surface area contributed by atoms with Crippen LogP contribution in [0.15, 0.2) is 36.4 Å². The lowest BCUT2D eigenvalue weighted by molar-refractivity contribution is 0.632. The van der Waals surface area contributed by atoms with Crippen molar-refractivity contribution in [2.75, 3.05) is 5.73 Å². The van der Waals surface area contributed by atoms with Gasteiger partial charge in [0, 0.05) is 11.6 Å². The van der Waals surface area contributed by atoms with Gasteiger partial charge in [0.15, 0.2) is 0 Å². The van der Waals surface area contributed by atoms with Gasteiger partial charge in [-0.15, -0.1) is 0 Å². The van der Waals surface area contributed by atoms with E-state index in [1.807, 2.05) is 0 Å². The van der Waals surface area contributed by atoms with Crippen LogP contribution < -0.4 is 5.73 Å². The molecule has 2 N–H and O–H groups in total. The third-order valence-corrected chi connectivity index (χ3v) is 4.01. The van der Waals surface area contributed by atoms with E-state index >= 15 is 0 Å². The predicted molar refractivity (Wildman–Crippen MR) is 82.5 cm³/mol. The predicted octanol–water partition coefficient (Wildman–Crippen LogP) is 4.07. The molecule has 3 aromatic rings. The Morgan fingerprint density at radius 1 is 1.19 bits per heavy atom. The number of fused-ring (bicyclic) bond motifs is 1. The highest BCUT2D eigenvalue weighted by Gasteiger charge is 2.28. The molecular formula is C17H16FN3. The number of halogens is 1. The molecule has 1 saturated carbocycles. The topological polar surface area (TPSA) is 43.8 Å². The van der Waals surface area contributed by atoms with Crippen molar-refractivity contribution in [3.05, 3.63) is 47.8 Å². The Morgan fingerprint density at radius 3 is 2.71 bits per heavy atom. The second kappa shape index (κ2) is 4.32. The number of hydrogen-bond acceptors (Lipinski definition) is 2. The number of nitrogens with zero attached hydrogens (tertiary/aromatic N) is 2. The molecule has 106 valence electrons. The SMILES string of the molecule is Cc1ccc2c(c1)nc(-c1ccc(F)c(N)c1)n2C1CC1. The number of nitrogen functional groups attached to an aromatic ring is 1. The first kappa shape index (κ1) is 12.4. The Morgan fingerprint density at radius 2 is 2.00 bits per heavy atom. The van der Waals surface area contributed by atoms with Crippen LogP contribution in [0.3, 0.4) is 0 Å². The molecule has 1 fully saturated rings. The normalized spacial score (nSPS) is 14.8. The van der Waals surface area contributed by atoms with Gasteiger partial charge in [-0.05, 0) is 55.7 Å². The molecule has 21 heavy (non-hydrogen) atoms. The molecule has 0 radical (unpaired) electrons. The average molecular weight is 281 g/mol. The van der Waals surface area contributed by atoms with Gasteiger partial charge >= 0.3 is 0 Å². The molecule has 4 heteroatoms. The first-order valence-electron chi connectivity index (χ1n) is 7.17.